The van der Waals surface area contributed by atoms with E-state index in [1.807, 2.05) is 71.6 Å². The van der Waals surface area contributed by atoms with Gasteiger partial charge in [0, 0.05) is 140 Å². The Morgan fingerprint density at radius 2 is 1.02 bits per heavy atom. The van der Waals surface area contributed by atoms with Crippen molar-refractivity contribution in [1.82, 2.24) is 28.7 Å². The van der Waals surface area contributed by atoms with Gasteiger partial charge in [-0.1, -0.05) is 24.3 Å². The van der Waals surface area contributed by atoms with E-state index in [1.165, 1.54) is 0 Å². The summed E-state index contributed by atoms with van der Waals surface area (Å²) in [5.74, 6) is 0.720. The van der Waals surface area contributed by atoms with Gasteiger partial charge in [-0.25, -0.2) is 0 Å². The van der Waals surface area contributed by atoms with Gasteiger partial charge in [-0.15, -0.1) is 0 Å². The van der Waals surface area contributed by atoms with Crippen LogP contribution in [0.5, 0.6) is 0 Å². The molecule has 0 aliphatic carbocycles. The number of hydrogen-bond acceptors (Lipinski definition) is 10. The Hall–Kier alpha value is -3.92. The molecule has 6 aliphatic rings. The molecule has 8 atom stereocenters. The van der Waals surface area contributed by atoms with Crippen LogP contribution in [0.2, 0.25) is 0 Å². The number of likely N-dealkylation sites (tertiary alicyclic amines) is 2. The number of hydrogen-bond donors (Lipinski definition) is 2. The van der Waals surface area contributed by atoms with Gasteiger partial charge in [0.1, 0.15) is 0 Å². The number of ether oxygens (including phenoxy) is 2. The van der Waals surface area contributed by atoms with Crippen molar-refractivity contribution in [3.05, 3.63) is 79.6 Å². The van der Waals surface area contributed by atoms with Crippen molar-refractivity contribution < 1.29 is 29.3 Å². The second kappa shape index (κ2) is 19.0. The Morgan fingerprint density at radius 3 is 1.33 bits per heavy atom. The molecule has 4 fully saturated rings. The van der Waals surface area contributed by atoms with Crippen LogP contribution in [0.1, 0.15) is 74.1 Å². The molecular weight excluding hydrogens is 765 g/mol. The van der Waals surface area contributed by atoms with E-state index in [0.29, 0.717) is 36.1 Å². The highest BCUT2D eigenvalue weighted by molar-refractivity contribution is 5.83. The average molecular weight is 831 g/mol. The molecule has 0 unspecified atom stereocenters. The number of rotatable bonds is 10. The molecule has 2 N–H and O–H groups in total. The Morgan fingerprint density at radius 1 is 0.650 bits per heavy atom. The summed E-state index contributed by atoms with van der Waals surface area (Å²) in [4.78, 5) is 60.3. The molecule has 14 nitrogen and oxygen atoms in total. The van der Waals surface area contributed by atoms with Crippen LogP contribution in [0.3, 0.4) is 0 Å². The largest absolute Gasteiger partial charge is 0.396 e. The van der Waals surface area contributed by atoms with Gasteiger partial charge < -0.3 is 38.6 Å². The van der Waals surface area contributed by atoms with Crippen molar-refractivity contribution in [3.8, 4) is 0 Å². The monoisotopic (exact) mass is 830 g/mol. The van der Waals surface area contributed by atoms with Crippen LogP contribution in [0.25, 0.3) is 12.2 Å². The number of aliphatic hydroxyl groups excluding tert-OH is 2. The highest BCUT2D eigenvalue weighted by atomic mass is 16.5. The first-order valence-corrected chi connectivity index (χ1v) is 22.0. The van der Waals surface area contributed by atoms with E-state index in [1.54, 1.807) is 38.0 Å². The van der Waals surface area contributed by atoms with Crippen molar-refractivity contribution in [2.45, 2.75) is 76.8 Å². The molecule has 0 bridgehead atoms. The second-order valence-electron chi connectivity index (χ2n) is 18.0. The third-order valence-corrected chi connectivity index (χ3v) is 14.1. The molecular formula is C46H66N6O8. The first kappa shape index (κ1) is 44.1. The number of allylic oxidation sites excluding steroid dienone is 2. The number of fused-ring (bicyclic) bond motifs is 6. The van der Waals surface area contributed by atoms with Crippen molar-refractivity contribution in [2.24, 2.45) is 35.5 Å². The number of aliphatic hydroxyl groups is 2. The number of pyridine rings is 2. The number of amides is 2. The van der Waals surface area contributed by atoms with Crippen LogP contribution in [0.15, 0.2) is 46.0 Å². The topological polar surface area (TPSA) is 150 Å². The maximum absolute atomic E-state index is 13.2. The fourth-order valence-electron chi connectivity index (χ4n) is 11.2. The predicted octanol–water partition coefficient (Wildman–Crippen LogP) is 2.72. The van der Waals surface area contributed by atoms with E-state index >= 15 is 0 Å². The summed E-state index contributed by atoms with van der Waals surface area (Å²) < 4.78 is 14.8. The van der Waals surface area contributed by atoms with Gasteiger partial charge in [-0.3, -0.25) is 29.0 Å². The Labute approximate surface area is 354 Å². The van der Waals surface area contributed by atoms with Gasteiger partial charge in [0.05, 0.1) is 24.2 Å². The Bertz CT molecular complexity index is 1890. The lowest BCUT2D eigenvalue weighted by atomic mass is 9.88. The van der Waals surface area contributed by atoms with Gasteiger partial charge >= 0.3 is 0 Å². The van der Waals surface area contributed by atoms with Gasteiger partial charge in [0.2, 0.25) is 11.8 Å². The fraction of sp³-hybridized carbons (Fsp3) is 0.652. The van der Waals surface area contributed by atoms with E-state index in [2.05, 4.69) is 9.80 Å². The normalized spacial score (nSPS) is 29.3. The van der Waals surface area contributed by atoms with Crippen molar-refractivity contribution in [2.75, 3.05) is 80.9 Å². The number of carbonyl (C=O) groups is 2. The van der Waals surface area contributed by atoms with E-state index in [9.17, 15) is 29.4 Å². The zero-order valence-electron chi connectivity index (χ0n) is 36.3. The maximum atomic E-state index is 13.2. The van der Waals surface area contributed by atoms with Gasteiger partial charge in [-0.05, 0) is 75.6 Å². The van der Waals surface area contributed by atoms with Crippen LogP contribution in [-0.4, -0.2) is 144 Å². The standard InChI is InChI=1S/2C23H33N3O4/c2*1-4-5-16-6-7-19-20-17(13-25(19)22(16)28)18(14-27)21(23(29)24(2)3)26(20)12-15-8-10-30-11-9-15/h2*4-7,15,17-18,20-21,27H,8-14H2,1-3H3/b5-4+;5-4-/t2*17-,18-,20+,21-/m11/s1. The van der Waals surface area contributed by atoms with Crippen LogP contribution >= 0.6 is 0 Å². The number of nitrogens with zero attached hydrogens (tertiary/aromatic N) is 6. The smallest absolute Gasteiger partial charge is 0.258 e. The molecule has 60 heavy (non-hydrogen) atoms. The highest BCUT2D eigenvalue weighted by Gasteiger charge is 2.57. The molecule has 2 amide bonds. The molecule has 0 spiro atoms. The van der Waals surface area contributed by atoms with E-state index in [0.717, 1.165) is 76.6 Å². The summed E-state index contributed by atoms with van der Waals surface area (Å²) in [6, 6.07) is 7.09. The lowest BCUT2D eigenvalue weighted by molar-refractivity contribution is -0.137. The van der Waals surface area contributed by atoms with E-state index < -0.39 is 0 Å². The van der Waals surface area contributed by atoms with E-state index in [-0.39, 0.29) is 84.0 Å². The molecule has 2 aromatic heterocycles. The first-order chi connectivity index (χ1) is 28.9. The average Bonchev–Trinajstić information content (AvgIpc) is 3.98. The van der Waals surface area contributed by atoms with Gasteiger partial charge in [0.15, 0.2) is 0 Å². The molecule has 0 saturated carbocycles. The second-order valence-corrected chi connectivity index (χ2v) is 18.0. The molecule has 8 rings (SSSR count). The van der Waals surface area contributed by atoms with Gasteiger partial charge in [0.25, 0.3) is 11.1 Å². The summed E-state index contributed by atoms with van der Waals surface area (Å²) in [6.07, 6.45) is 11.3. The summed E-state index contributed by atoms with van der Waals surface area (Å²) in [7, 11) is 7.11. The fourth-order valence-corrected chi connectivity index (χ4v) is 11.2. The molecule has 2 aromatic rings. The highest BCUT2D eigenvalue weighted by Crippen LogP contribution is 2.51. The third kappa shape index (κ3) is 8.23. The van der Waals surface area contributed by atoms with Crippen LogP contribution in [0, 0.1) is 35.5 Å². The molecule has 4 saturated heterocycles. The zero-order valence-corrected chi connectivity index (χ0v) is 36.3. The quantitative estimate of drug-likeness (QED) is 0.366. The lowest BCUT2D eigenvalue weighted by Gasteiger charge is -2.35. The van der Waals surface area contributed by atoms with Crippen molar-refractivity contribution >= 4 is 24.0 Å². The molecule has 0 aromatic carbocycles. The zero-order chi connectivity index (χ0) is 42.8. The Balaban J connectivity index is 0.000000181. The summed E-state index contributed by atoms with van der Waals surface area (Å²) in [5, 5.41) is 20.6. The predicted molar refractivity (Wildman–Crippen MR) is 230 cm³/mol. The van der Waals surface area contributed by atoms with Crippen molar-refractivity contribution in [3.63, 3.8) is 0 Å². The lowest BCUT2D eigenvalue weighted by Crippen LogP contribution is -2.49. The molecule has 0 radical (unpaired) electrons. The van der Waals surface area contributed by atoms with Crippen molar-refractivity contribution in [1.29, 1.82) is 0 Å². The Kier molecular flexibility index (Phi) is 14.0. The first-order valence-electron chi connectivity index (χ1n) is 22.0. The van der Waals surface area contributed by atoms with E-state index in [4.69, 9.17) is 9.47 Å². The summed E-state index contributed by atoms with van der Waals surface area (Å²) >= 11 is 0. The molecule has 328 valence electrons. The molecule has 6 aliphatic heterocycles. The van der Waals surface area contributed by atoms with Gasteiger partial charge in [-0.2, -0.15) is 0 Å². The number of carbonyl (C=O) groups excluding carboxylic acids is 2. The van der Waals surface area contributed by atoms with Crippen LogP contribution in [0.4, 0.5) is 0 Å². The minimum Gasteiger partial charge on any atom is -0.396 e. The maximum Gasteiger partial charge on any atom is 0.258 e. The summed E-state index contributed by atoms with van der Waals surface area (Å²) in [6.45, 7) is 9.40. The SMILES string of the molecule is C/C=C/c1ccc2n(c1=O)C[C@@H]1[C@@H](CO)[C@H](C(=O)N(C)C)N(CC3CCOCC3)[C@H]21.C/C=C\c1ccc2n(c1=O)C[C@@H]1[C@@H](CO)[C@H](C(=O)N(C)C)N(CC3CCOCC3)[C@H]21. The van der Waals surface area contributed by atoms with Crippen LogP contribution in [-0.2, 0) is 32.2 Å². The third-order valence-electron chi connectivity index (χ3n) is 14.1. The van der Waals surface area contributed by atoms with Crippen LogP contribution < -0.4 is 11.1 Å². The summed E-state index contributed by atoms with van der Waals surface area (Å²) in [5.41, 5.74) is 3.32. The number of aromatic nitrogens is 2. The molecule has 14 heteroatoms. The number of likely N-dealkylation sites (N-methyl/N-ethyl adjacent to an activating group) is 2. The minimum absolute atomic E-state index is 0.0122. The molecule has 8 heterocycles. The minimum atomic E-state index is -0.359.